The molecule has 1 N–H and O–H groups in total. The Morgan fingerprint density at radius 1 is 1.05 bits per heavy atom. The van der Waals surface area contributed by atoms with Gasteiger partial charge in [0.2, 0.25) is 0 Å². The van der Waals surface area contributed by atoms with Gasteiger partial charge < -0.3 is 10.1 Å². The van der Waals surface area contributed by atoms with Crippen molar-refractivity contribution in [2.24, 2.45) is 0 Å². The topological polar surface area (TPSA) is 21.3 Å². The molecule has 0 amide bonds. The molecular weight excluding hydrogens is 293 g/mol. The first kappa shape index (κ1) is 15.2. The maximum Gasteiger partial charge on any atom is 0.0736 e. The zero-order chi connectivity index (χ0) is 14.4. The number of anilines is 1. The molecule has 0 aromatic heterocycles. The number of ether oxygens (including phenoxy) is 1. The molecule has 0 spiro atoms. The van der Waals surface area contributed by atoms with E-state index in [0.29, 0.717) is 29.8 Å². The molecule has 0 heterocycles. The van der Waals surface area contributed by atoms with Gasteiger partial charge in [0, 0.05) is 24.4 Å². The summed E-state index contributed by atoms with van der Waals surface area (Å²) >= 11 is 11.9. The average Bonchev–Trinajstić information content (AvgIpc) is 2.47. The fourth-order valence-electron chi connectivity index (χ4n) is 1.88. The molecule has 0 saturated heterocycles. The van der Waals surface area contributed by atoms with E-state index in [1.165, 1.54) is 0 Å². The number of halogens is 2. The van der Waals surface area contributed by atoms with Gasteiger partial charge in [0.25, 0.3) is 0 Å². The van der Waals surface area contributed by atoms with Gasteiger partial charge in [-0.15, -0.1) is 0 Å². The first-order valence-electron chi connectivity index (χ1n) is 6.54. The molecule has 20 heavy (non-hydrogen) atoms. The normalized spacial score (nSPS) is 10.6. The van der Waals surface area contributed by atoms with Gasteiger partial charge >= 0.3 is 0 Å². The summed E-state index contributed by atoms with van der Waals surface area (Å²) in [6.07, 6.45) is 0. The number of hydrogen-bond donors (Lipinski definition) is 1. The van der Waals surface area contributed by atoms with Crippen LogP contribution < -0.4 is 5.32 Å². The van der Waals surface area contributed by atoms with Crippen molar-refractivity contribution in [3.8, 4) is 0 Å². The highest BCUT2D eigenvalue weighted by Crippen LogP contribution is 2.23. The van der Waals surface area contributed by atoms with Gasteiger partial charge in [-0.3, -0.25) is 0 Å². The zero-order valence-corrected chi connectivity index (χ0v) is 12.8. The summed E-state index contributed by atoms with van der Waals surface area (Å²) in [6, 6.07) is 13.8. The SMILES string of the molecule is CCOCc1ccccc1NCc1ccc(Cl)c(Cl)c1. The van der Waals surface area contributed by atoms with E-state index in [-0.39, 0.29) is 0 Å². The predicted octanol–water partition coefficient (Wildman–Crippen LogP) is 5.14. The van der Waals surface area contributed by atoms with E-state index in [4.69, 9.17) is 27.9 Å². The highest BCUT2D eigenvalue weighted by molar-refractivity contribution is 6.42. The highest BCUT2D eigenvalue weighted by Gasteiger charge is 2.03. The van der Waals surface area contributed by atoms with Crippen molar-refractivity contribution < 1.29 is 4.74 Å². The molecule has 4 heteroatoms. The van der Waals surface area contributed by atoms with E-state index in [2.05, 4.69) is 11.4 Å². The van der Waals surface area contributed by atoms with Crippen molar-refractivity contribution in [3.63, 3.8) is 0 Å². The van der Waals surface area contributed by atoms with Crippen LogP contribution in [0, 0.1) is 0 Å². The van der Waals surface area contributed by atoms with E-state index in [9.17, 15) is 0 Å². The lowest BCUT2D eigenvalue weighted by Crippen LogP contribution is -2.03. The van der Waals surface area contributed by atoms with Crippen molar-refractivity contribution in [1.29, 1.82) is 0 Å². The van der Waals surface area contributed by atoms with Gasteiger partial charge in [-0.1, -0.05) is 47.5 Å². The lowest BCUT2D eigenvalue weighted by Gasteiger charge is -2.12. The molecule has 0 aliphatic rings. The van der Waals surface area contributed by atoms with Gasteiger partial charge in [-0.05, 0) is 30.7 Å². The van der Waals surface area contributed by atoms with Crippen LogP contribution in [0.3, 0.4) is 0 Å². The van der Waals surface area contributed by atoms with Gasteiger partial charge in [0.15, 0.2) is 0 Å². The second kappa shape index (κ2) is 7.53. The van der Waals surface area contributed by atoms with Gasteiger partial charge in [-0.2, -0.15) is 0 Å². The molecule has 0 radical (unpaired) electrons. The van der Waals surface area contributed by atoms with Crippen molar-refractivity contribution in [3.05, 3.63) is 63.6 Å². The molecule has 2 rings (SSSR count). The van der Waals surface area contributed by atoms with Crippen molar-refractivity contribution in [1.82, 2.24) is 0 Å². The summed E-state index contributed by atoms with van der Waals surface area (Å²) in [6.45, 7) is 4.01. The van der Waals surface area contributed by atoms with Crippen molar-refractivity contribution >= 4 is 28.9 Å². The van der Waals surface area contributed by atoms with Crippen LogP contribution in [0.2, 0.25) is 10.0 Å². The van der Waals surface area contributed by atoms with Crippen LogP contribution in [0.5, 0.6) is 0 Å². The van der Waals surface area contributed by atoms with E-state index >= 15 is 0 Å². The lowest BCUT2D eigenvalue weighted by molar-refractivity contribution is 0.134. The molecule has 0 atom stereocenters. The quantitative estimate of drug-likeness (QED) is 0.797. The molecule has 0 unspecified atom stereocenters. The van der Waals surface area contributed by atoms with Crippen LogP contribution in [-0.4, -0.2) is 6.61 Å². The largest absolute Gasteiger partial charge is 0.381 e. The third kappa shape index (κ3) is 4.14. The second-order valence-corrected chi connectivity index (χ2v) is 5.21. The maximum absolute atomic E-state index is 6.02. The lowest BCUT2D eigenvalue weighted by atomic mass is 10.1. The Balaban J connectivity index is 2.04. The number of benzene rings is 2. The molecular formula is C16H17Cl2NO. The number of nitrogens with one attached hydrogen (secondary N) is 1. The highest BCUT2D eigenvalue weighted by atomic mass is 35.5. The monoisotopic (exact) mass is 309 g/mol. The first-order valence-corrected chi connectivity index (χ1v) is 7.29. The van der Waals surface area contributed by atoms with Crippen LogP contribution in [0.15, 0.2) is 42.5 Å². The summed E-state index contributed by atoms with van der Waals surface area (Å²) in [7, 11) is 0. The molecule has 2 aromatic carbocycles. The van der Waals surface area contributed by atoms with Crippen LogP contribution in [0.4, 0.5) is 5.69 Å². The van der Waals surface area contributed by atoms with Crippen LogP contribution >= 0.6 is 23.2 Å². The zero-order valence-electron chi connectivity index (χ0n) is 11.3. The van der Waals surface area contributed by atoms with Crippen LogP contribution in [0.25, 0.3) is 0 Å². The fourth-order valence-corrected chi connectivity index (χ4v) is 2.20. The number of rotatable bonds is 6. The third-order valence-corrected chi connectivity index (χ3v) is 3.69. The van der Waals surface area contributed by atoms with Crippen LogP contribution in [0.1, 0.15) is 18.1 Å². The summed E-state index contributed by atoms with van der Waals surface area (Å²) in [5.41, 5.74) is 3.31. The molecule has 2 aromatic rings. The van der Waals surface area contributed by atoms with E-state index < -0.39 is 0 Å². The fraction of sp³-hybridized carbons (Fsp3) is 0.250. The van der Waals surface area contributed by atoms with Crippen molar-refractivity contribution in [2.45, 2.75) is 20.1 Å². The van der Waals surface area contributed by atoms with E-state index in [1.54, 1.807) is 0 Å². The minimum atomic E-state index is 0.576. The van der Waals surface area contributed by atoms with Gasteiger partial charge in [-0.25, -0.2) is 0 Å². The Bertz CT molecular complexity index is 572. The summed E-state index contributed by atoms with van der Waals surface area (Å²) in [4.78, 5) is 0. The maximum atomic E-state index is 6.02. The average molecular weight is 310 g/mol. The molecule has 0 bridgehead atoms. The molecule has 0 fully saturated rings. The molecule has 106 valence electrons. The summed E-state index contributed by atoms with van der Waals surface area (Å²) in [5, 5.41) is 4.56. The van der Waals surface area contributed by atoms with E-state index in [0.717, 1.165) is 16.8 Å². The summed E-state index contributed by atoms with van der Waals surface area (Å²) < 4.78 is 5.47. The second-order valence-electron chi connectivity index (χ2n) is 4.40. The Hall–Kier alpha value is -1.22. The predicted molar refractivity (Wildman–Crippen MR) is 85.6 cm³/mol. The summed E-state index contributed by atoms with van der Waals surface area (Å²) in [5.74, 6) is 0. The minimum Gasteiger partial charge on any atom is -0.381 e. The molecule has 0 aliphatic heterocycles. The van der Waals surface area contributed by atoms with Crippen molar-refractivity contribution in [2.75, 3.05) is 11.9 Å². The Morgan fingerprint density at radius 2 is 1.85 bits per heavy atom. The molecule has 0 saturated carbocycles. The van der Waals surface area contributed by atoms with Crippen LogP contribution in [-0.2, 0) is 17.9 Å². The Kier molecular flexibility index (Phi) is 5.72. The standard InChI is InChI=1S/C16H17Cl2NO/c1-2-20-11-13-5-3-4-6-16(13)19-10-12-7-8-14(17)15(18)9-12/h3-9,19H,2,10-11H2,1H3. The number of para-hydroxylation sites is 1. The van der Waals surface area contributed by atoms with Gasteiger partial charge in [0.05, 0.1) is 16.7 Å². The van der Waals surface area contributed by atoms with E-state index in [1.807, 2.05) is 43.3 Å². The smallest absolute Gasteiger partial charge is 0.0736 e. The van der Waals surface area contributed by atoms with Gasteiger partial charge in [0.1, 0.15) is 0 Å². The molecule has 2 nitrogen and oxygen atoms in total. The minimum absolute atomic E-state index is 0.576. The Labute approximate surface area is 129 Å². The first-order chi connectivity index (χ1) is 9.70. The third-order valence-electron chi connectivity index (χ3n) is 2.95. The number of hydrogen-bond acceptors (Lipinski definition) is 2. The Morgan fingerprint density at radius 3 is 2.60 bits per heavy atom. The molecule has 0 aliphatic carbocycles.